The molecule has 0 saturated heterocycles. The predicted molar refractivity (Wildman–Crippen MR) is 572 cm³/mol. The van der Waals surface area contributed by atoms with Gasteiger partial charge >= 0.3 is 5.97 Å². The number of esters is 1. The van der Waals surface area contributed by atoms with Gasteiger partial charge in [-0.1, -0.05) is 372 Å². The quantitative estimate of drug-likeness (QED) is 0.0594. The largest absolute Gasteiger partial charge is 0.426 e. The third-order valence-corrected chi connectivity index (χ3v) is 24.9. The molecule has 1 amide bonds. The van der Waals surface area contributed by atoms with Crippen molar-refractivity contribution in [1.82, 2.24) is 35.1 Å². The Morgan fingerprint density at radius 3 is 1.23 bits per heavy atom. The maximum Gasteiger partial charge on any atom is 0.315 e. The fourth-order valence-corrected chi connectivity index (χ4v) is 16.5. The molecule has 0 radical (unpaired) electrons. The van der Waals surface area contributed by atoms with Crippen molar-refractivity contribution in [2.24, 2.45) is 0 Å². The Morgan fingerprint density at radius 1 is 0.308 bits per heavy atom. The lowest BCUT2D eigenvalue weighted by Gasteiger charge is -2.22. The van der Waals surface area contributed by atoms with Crippen molar-refractivity contribution < 1.29 is 14.3 Å². The molecule has 6 aromatic heterocycles. The average Bonchev–Trinajstić information content (AvgIpc) is 1.70. The number of H-pyrrole nitrogens is 6. The normalized spacial score (nSPS) is 13.3. The highest BCUT2D eigenvalue weighted by Gasteiger charge is 2.27. The molecule has 0 unspecified atom stereocenters. The minimum Gasteiger partial charge on any atom is -0.426 e. The summed E-state index contributed by atoms with van der Waals surface area (Å²) in [6.07, 6.45) is 22.0. The Kier molecular flexibility index (Phi) is 31.0. The zero-order valence-electron chi connectivity index (χ0n) is 85.9. The first-order valence-corrected chi connectivity index (χ1v) is 47.6. The zero-order chi connectivity index (χ0) is 97.4. The van der Waals surface area contributed by atoms with Gasteiger partial charge in [0.15, 0.2) is 0 Å². The van der Waals surface area contributed by atoms with Gasteiger partial charge in [-0.25, -0.2) is 0 Å². The third kappa shape index (κ3) is 27.3. The molecule has 0 spiro atoms. The third-order valence-electron chi connectivity index (χ3n) is 24.9. The van der Waals surface area contributed by atoms with E-state index >= 15 is 0 Å². The van der Waals surface area contributed by atoms with Crippen LogP contribution < -0.4 is 10.1 Å². The number of allylic oxidation sites excluding steroid dienone is 2. The molecule has 11 heteroatoms. The summed E-state index contributed by atoms with van der Waals surface area (Å²) in [5.41, 5.74) is 33.2. The van der Waals surface area contributed by atoms with Gasteiger partial charge in [0.25, 0.3) is 0 Å². The maximum absolute atomic E-state index is 11.1. The van der Waals surface area contributed by atoms with E-state index < -0.39 is 0 Å². The van der Waals surface area contributed by atoms with Crippen LogP contribution in [0.15, 0.2) is 255 Å². The molecule has 2 aliphatic carbocycles. The van der Waals surface area contributed by atoms with Gasteiger partial charge in [-0.05, 0) is 257 Å². The van der Waals surface area contributed by atoms with Crippen LogP contribution in [0.3, 0.4) is 0 Å². The zero-order valence-corrected chi connectivity index (χ0v) is 85.9. The number of carbonyl (C=O) groups excluding carboxylic acids is 2. The first-order valence-electron chi connectivity index (χ1n) is 47.6. The Hall–Kier alpha value is -12.2. The van der Waals surface area contributed by atoms with Gasteiger partial charge in [0, 0.05) is 74.7 Å². The fraction of sp³-hybridized carbons (Fsp3) is 0.369. The lowest BCUT2D eigenvalue weighted by Crippen LogP contribution is -2.13. The van der Waals surface area contributed by atoms with E-state index in [1.807, 2.05) is 49.2 Å². The van der Waals surface area contributed by atoms with E-state index in [0.29, 0.717) is 12.8 Å². The molecule has 16 aromatic rings. The van der Waals surface area contributed by atoms with Gasteiger partial charge in [-0.3, -0.25) is 14.7 Å². The van der Waals surface area contributed by atoms with Crippen molar-refractivity contribution in [2.75, 3.05) is 5.32 Å². The minimum absolute atomic E-state index is 0.101. The van der Waals surface area contributed by atoms with Crippen molar-refractivity contribution in [3.8, 4) is 5.75 Å². The molecule has 0 saturated carbocycles. The van der Waals surface area contributed by atoms with Gasteiger partial charge in [-0.2, -0.15) is 5.10 Å². The van der Waals surface area contributed by atoms with Crippen molar-refractivity contribution in [1.29, 1.82) is 0 Å². The number of hydrogen-bond acceptors (Lipinski definition) is 4. The fourth-order valence-electron chi connectivity index (χ4n) is 16.5. The second kappa shape index (κ2) is 40.7. The first kappa shape index (κ1) is 101. The molecule has 0 bridgehead atoms. The number of nitrogens with zero attached hydrogens (tertiary/aromatic N) is 1. The van der Waals surface area contributed by atoms with Crippen LogP contribution in [0.1, 0.15) is 302 Å². The van der Waals surface area contributed by atoms with E-state index in [0.717, 1.165) is 40.9 Å². The molecule has 133 heavy (non-hydrogen) atoms. The number of amides is 1. The summed E-state index contributed by atoms with van der Waals surface area (Å²) in [6, 6.07) is 75.6. The van der Waals surface area contributed by atoms with Gasteiger partial charge in [-0.15, -0.1) is 0 Å². The minimum atomic E-state index is -0.147. The van der Waals surface area contributed by atoms with Crippen LogP contribution in [0.5, 0.6) is 5.75 Å². The summed E-state index contributed by atoms with van der Waals surface area (Å²) in [5, 5.41) is 17.5. The first-order chi connectivity index (χ1) is 61.9. The Morgan fingerprint density at radius 2 is 0.714 bits per heavy atom. The van der Waals surface area contributed by atoms with Crippen molar-refractivity contribution in [3.05, 3.63) is 350 Å². The number of aromatic amines is 6. The number of aryl methyl sites for hydroxylation is 1. The van der Waals surface area contributed by atoms with Gasteiger partial charge < -0.3 is 35.0 Å². The summed E-state index contributed by atoms with van der Waals surface area (Å²) in [4.78, 5) is 38.6. The summed E-state index contributed by atoms with van der Waals surface area (Å²) in [7, 11) is 0. The van der Waals surface area contributed by atoms with Crippen LogP contribution in [0.4, 0.5) is 5.69 Å². The molecule has 10 aromatic carbocycles. The lowest BCUT2D eigenvalue weighted by atomic mass is 9.83. The number of benzene rings is 10. The Bertz CT molecular complexity index is 6370. The highest BCUT2D eigenvalue weighted by molar-refractivity contribution is 5.99. The van der Waals surface area contributed by atoms with E-state index in [1.54, 1.807) is 0 Å². The standard InChI is InChI=1S/C13H17N.2C13H16.C12H15NO.4C12H15N.C12H14O2.C11H14N2/c1-9-7-10-8-11(13(2,3)4)5-6-12(10)14-9;1-13(2,3)12-9-5-7-10-6-4-8-11(10)12;1-13(2,3)12-8-7-10-5-4-6-11(10)9-12;1-12(2,3)9-5-4-8-6-11(14)13-10(8)7-9;2*1-12(2,3)10-5-4-9-6-7-13-11(9)8-10;2*1-12(2,3)10-6-4-5-9-7-8-13-11(9)10;1-12(2,3)9-5-4-8-6-11(13)14-10(8)7-9;1-11(2,3)9-5-4-8-7-12-13-10(8)6-9/h5-8,14H,1-4H3;4-5,7-9H,6H2,1-3H3;4,6-9H,5H2,1-3H3;4-5,7H,6H2,1-3H3,(H,13,14);4*4-8,13H,1-3H3;4-5,7H,6H2,1-3H3;4-7H,1-3H3,(H,12,13). The second-order valence-electron chi connectivity index (χ2n) is 46.6. The second-order valence-corrected chi connectivity index (χ2v) is 46.6. The highest BCUT2D eigenvalue weighted by atomic mass is 16.5. The van der Waals surface area contributed by atoms with Crippen LogP contribution in [0.25, 0.3) is 77.6 Å². The van der Waals surface area contributed by atoms with Crippen LogP contribution in [0, 0.1) is 6.92 Å². The topological polar surface area (TPSA) is 163 Å². The summed E-state index contributed by atoms with van der Waals surface area (Å²) in [6.45, 7) is 68.8. The highest BCUT2D eigenvalue weighted by Crippen LogP contribution is 2.39. The number of hydrogen-bond donors (Lipinski definition) is 7. The van der Waals surface area contributed by atoms with E-state index in [1.165, 1.54) is 143 Å². The molecular formula is C122H152N8O3. The molecule has 20 rings (SSSR count). The van der Waals surface area contributed by atoms with E-state index in [-0.39, 0.29) is 66.0 Å². The number of fused-ring (bicyclic) bond motifs is 10. The molecule has 11 nitrogen and oxygen atoms in total. The van der Waals surface area contributed by atoms with Gasteiger partial charge in [0.05, 0.1) is 24.6 Å². The number of anilines is 1. The van der Waals surface area contributed by atoms with Gasteiger partial charge in [0.2, 0.25) is 5.91 Å². The smallest absolute Gasteiger partial charge is 0.315 e. The molecule has 8 heterocycles. The number of para-hydroxylation sites is 2. The molecule has 2 aliphatic heterocycles. The van der Waals surface area contributed by atoms with E-state index in [9.17, 15) is 9.59 Å². The molecule has 0 fully saturated rings. The average molecular weight is 1780 g/mol. The Labute approximate surface area is 795 Å². The molecule has 4 aliphatic rings. The van der Waals surface area contributed by atoms with Crippen LogP contribution >= 0.6 is 0 Å². The van der Waals surface area contributed by atoms with Crippen LogP contribution in [-0.4, -0.2) is 47.0 Å². The number of nitrogens with one attached hydrogen (secondary N) is 7. The predicted octanol–water partition coefficient (Wildman–Crippen LogP) is 32.5. The number of carbonyl (C=O) groups is 2. The maximum atomic E-state index is 11.1. The van der Waals surface area contributed by atoms with Gasteiger partial charge in [0.1, 0.15) is 5.75 Å². The molecule has 698 valence electrons. The van der Waals surface area contributed by atoms with Crippen LogP contribution in [-0.2, 0) is 89.4 Å². The summed E-state index contributed by atoms with van der Waals surface area (Å²) >= 11 is 0. The summed E-state index contributed by atoms with van der Waals surface area (Å²) in [5.74, 6) is 0.694. The monoisotopic (exact) mass is 1780 g/mol. The van der Waals surface area contributed by atoms with E-state index in [4.69, 9.17) is 4.74 Å². The molecule has 0 atom stereocenters. The number of rotatable bonds is 0. The SMILES string of the molecule is CC(C)(C)c1ccc2c(c1)C=CC2.CC(C)(C)c1ccc2c(c1)NC(=O)C2.CC(C)(C)c1ccc2c(c1)OC(=O)C2.CC(C)(C)c1ccc2cc[nH]c2c1.CC(C)(C)c1ccc2cc[nH]c2c1.CC(C)(C)c1ccc2cn[nH]c2c1.CC(C)(C)c1cccc2c1C=CC2.CC(C)(C)c1cccc2cc[nH]c12.CC(C)(C)c1cccc2cc[nH]c12.Cc1cc2cc(C(C)(C)C)ccc2[nH]1. The number of aromatic nitrogens is 7. The summed E-state index contributed by atoms with van der Waals surface area (Å²) < 4.78 is 5.10. The van der Waals surface area contributed by atoms with Crippen molar-refractivity contribution >= 4 is 95.1 Å². The molecular weight excluding hydrogens is 1630 g/mol. The molecule has 7 N–H and O–H groups in total. The van der Waals surface area contributed by atoms with E-state index in [2.05, 4.69) is 473 Å². The number of ether oxygens (including phenoxy) is 1. The lowest BCUT2D eigenvalue weighted by molar-refractivity contribution is -0.131. The Balaban J connectivity index is 0.000000142. The van der Waals surface area contributed by atoms with Crippen molar-refractivity contribution in [2.45, 2.75) is 294 Å². The van der Waals surface area contributed by atoms with Crippen molar-refractivity contribution in [3.63, 3.8) is 0 Å². The van der Waals surface area contributed by atoms with Crippen LogP contribution in [0.2, 0.25) is 0 Å².